The Morgan fingerprint density at radius 1 is 1.40 bits per heavy atom. The number of ether oxygens (including phenoxy) is 1. The Kier molecular flexibility index (Phi) is 6.03. The zero-order valence-electron chi connectivity index (χ0n) is 17.0. The first-order valence-corrected chi connectivity index (χ1v) is 11.1. The molecule has 7 nitrogen and oxygen atoms in total. The monoisotopic (exact) mass is 426 g/mol. The summed E-state index contributed by atoms with van der Waals surface area (Å²) in [7, 11) is 0. The maximum atomic E-state index is 12.5. The van der Waals surface area contributed by atoms with E-state index in [-0.39, 0.29) is 24.1 Å². The molecule has 2 aliphatic rings. The number of nitrogen functional groups attached to an aromatic ring is 1. The highest BCUT2D eigenvalue weighted by Gasteiger charge is 2.31. The molecule has 1 saturated heterocycles. The number of hydrogen-bond acceptors (Lipinski definition) is 6. The number of nitrogens with one attached hydrogen (secondary N) is 1. The summed E-state index contributed by atoms with van der Waals surface area (Å²) in [6, 6.07) is 3.94. The lowest BCUT2D eigenvalue weighted by Crippen LogP contribution is -2.37. The molecular weight excluding hydrogens is 400 g/mol. The number of likely N-dealkylation sites (tertiary alicyclic amines) is 1. The molecule has 1 fully saturated rings. The number of rotatable bonds is 4. The van der Waals surface area contributed by atoms with Gasteiger partial charge in [0.1, 0.15) is 11.1 Å². The first-order valence-electron chi connectivity index (χ1n) is 10.3. The summed E-state index contributed by atoms with van der Waals surface area (Å²) in [6.45, 7) is 2.83. The predicted octanol–water partition coefficient (Wildman–Crippen LogP) is 3.86. The number of aromatic nitrogens is 1. The van der Waals surface area contributed by atoms with Gasteiger partial charge in [-0.3, -0.25) is 9.78 Å². The molecule has 2 atom stereocenters. The molecule has 0 aromatic carbocycles. The zero-order chi connectivity index (χ0) is 21.1. The molecule has 4 rings (SSSR count). The van der Waals surface area contributed by atoms with Crippen molar-refractivity contribution in [1.82, 2.24) is 9.88 Å². The van der Waals surface area contributed by atoms with Gasteiger partial charge in [-0.1, -0.05) is 6.07 Å². The maximum absolute atomic E-state index is 12.5. The molecule has 3 N–H and O–H groups in total. The van der Waals surface area contributed by atoms with Gasteiger partial charge in [-0.15, -0.1) is 11.3 Å². The highest BCUT2D eigenvalue weighted by molar-refractivity contribution is 7.17. The molecule has 8 heteroatoms. The normalized spacial score (nSPS) is 20.9. The van der Waals surface area contributed by atoms with Crippen LogP contribution in [0.5, 0.6) is 0 Å². The van der Waals surface area contributed by atoms with Crippen molar-refractivity contribution < 1.29 is 14.3 Å². The van der Waals surface area contributed by atoms with Gasteiger partial charge in [0.05, 0.1) is 5.69 Å². The second-order valence-electron chi connectivity index (χ2n) is 7.79. The fraction of sp³-hybridized carbons (Fsp3) is 0.409. The van der Waals surface area contributed by atoms with Crippen LogP contribution >= 0.6 is 11.3 Å². The standard InChI is InChI=1S/C22H26N4O3S/c1-14-4-3-11-26(14)22(28)29-16-7-8-17-18(12-16)30-21(20(17)23)25-19(27)9-6-15-5-2-10-24-13-15/h2,5-6,9-10,13-14,16H,3-4,7-8,11-12,23H2,1H3,(H,25,27)/b9-6+. The maximum Gasteiger partial charge on any atom is 0.410 e. The number of nitrogens with zero attached hydrogens (tertiary/aromatic N) is 2. The molecule has 2 aromatic rings. The third-order valence-electron chi connectivity index (χ3n) is 5.66. The summed E-state index contributed by atoms with van der Waals surface area (Å²) < 4.78 is 5.77. The Morgan fingerprint density at radius 3 is 3.00 bits per heavy atom. The molecule has 0 spiro atoms. The smallest absolute Gasteiger partial charge is 0.410 e. The van der Waals surface area contributed by atoms with E-state index in [1.807, 2.05) is 17.0 Å². The Hall–Kier alpha value is -2.87. The molecule has 0 saturated carbocycles. The first-order chi connectivity index (χ1) is 14.5. The van der Waals surface area contributed by atoms with Crippen LogP contribution in [0.15, 0.2) is 30.6 Å². The molecule has 1 aliphatic heterocycles. The summed E-state index contributed by atoms with van der Waals surface area (Å²) >= 11 is 1.47. The molecule has 2 amide bonds. The highest BCUT2D eigenvalue weighted by Crippen LogP contribution is 2.41. The molecule has 1 aliphatic carbocycles. The van der Waals surface area contributed by atoms with Gasteiger partial charge < -0.3 is 20.7 Å². The van der Waals surface area contributed by atoms with Crippen molar-refractivity contribution in [2.24, 2.45) is 0 Å². The van der Waals surface area contributed by atoms with Gasteiger partial charge in [-0.05, 0) is 55.9 Å². The van der Waals surface area contributed by atoms with Crippen molar-refractivity contribution in [3.05, 3.63) is 46.6 Å². The molecule has 0 radical (unpaired) electrons. The fourth-order valence-corrected chi connectivity index (χ4v) is 5.22. The Labute approximate surface area is 179 Å². The average Bonchev–Trinajstić information content (AvgIpc) is 3.30. The predicted molar refractivity (Wildman–Crippen MR) is 118 cm³/mol. The van der Waals surface area contributed by atoms with Crippen LogP contribution in [-0.2, 0) is 22.4 Å². The molecule has 30 heavy (non-hydrogen) atoms. The topological polar surface area (TPSA) is 97.5 Å². The molecule has 0 bridgehead atoms. The van der Waals surface area contributed by atoms with Gasteiger partial charge in [-0.25, -0.2) is 4.79 Å². The first kappa shape index (κ1) is 20.4. The second kappa shape index (κ2) is 8.87. The minimum atomic E-state index is -0.241. The van der Waals surface area contributed by atoms with Gasteiger partial charge in [0.15, 0.2) is 0 Å². The van der Waals surface area contributed by atoms with E-state index >= 15 is 0 Å². The van der Waals surface area contributed by atoms with Gasteiger partial charge in [0, 0.05) is 42.4 Å². The van der Waals surface area contributed by atoms with Crippen LogP contribution in [0.1, 0.15) is 42.2 Å². The van der Waals surface area contributed by atoms with E-state index in [1.165, 1.54) is 17.4 Å². The van der Waals surface area contributed by atoms with Crippen LogP contribution < -0.4 is 11.1 Å². The second-order valence-corrected chi connectivity index (χ2v) is 8.89. The summed E-state index contributed by atoms with van der Waals surface area (Å²) in [4.78, 5) is 31.7. The van der Waals surface area contributed by atoms with Crippen molar-refractivity contribution in [3.8, 4) is 0 Å². The molecule has 158 valence electrons. The molecule has 3 heterocycles. The van der Waals surface area contributed by atoms with Gasteiger partial charge in [-0.2, -0.15) is 0 Å². The van der Waals surface area contributed by atoms with Crippen LogP contribution in [0, 0.1) is 0 Å². The largest absolute Gasteiger partial charge is 0.446 e. The van der Waals surface area contributed by atoms with Crippen molar-refractivity contribution in [1.29, 1.82) is 0 Å². The number of nitrogens with two attached hydrogens (primary N) is 1. The van der Waals surface area contributed by atoms with E-state index in [9.17, 15) is 9.59 Å². The van der Waals surface area contributed by atoms with E-state index in [1.54, 1.807) is 18.5 Å². The van der Waals surface area contributed by atoms with E-state index in [2.05, 4.69) is 17.2 Å². The SMILES string of the molecule is CC1CCCN1C(=O)OC1CCc2c(sc(NC(=O)/C=C/c3cccnc3)c2N)C1. The minimum absolute atomic E-state index is 0.148. The van der Waals surface area contributed by atoms with E-state index < -0.39 is 0 Å². The van der Waals surface area contributed by atoms with Crippen LogP contribution in [-0.4, -0.2) is 40.6 Å². The summed E-state index contributed by atoms with van der Waals surface area (Å²) in [5, 5.41) is 3.53. The van der Waals surface area contributed by atoms with E-state index in [0.29, 0.717) is 17.1 Å². The van der Waals surface area contributed by atoms with Crippen LogP contribution in [0.25, 0.3) is 6.08 Å². The fourth-order valence-electron chi connectivity index (χ4n) is 3.99. The molecule has 2 aromatic heterocycles. The van der Waals surface area contributed by atoms with Gasteiger partial charge in [0.2, 0.25) is 5.91 Å². The number of fused-ring (bicyclic) bond motifs is 1. The van der Waals surface area contributed by atoms with Crippen molar-refractivity contribution in [2.75, 3.05) is 17.6 Å². The third kappa shape index (κ3) is 4.48. The zero-order valence-corrected chi connectivity index (χ0v) is 17.8. The number of carbonyl (C=O) groups excluding carboxylic acids is 2. The molecule has 2 unspecified atom stereocenters. The van der Waals surface area contributed by atoms with Crippen molar-refractivity contribution in [3.63, 3.8) is 0 Å². The van der Waals surface area contributed by atoms with Gasteiger partial charge >= 0.3 is 6.09 Å². The lowest BCUT2D eigenvalue weighted by atomic mass is 9.95. The minimum Gasteiger partial charge on any atom is -0.446 e. The van der Waals surface area contributed by atoms with Crippen LogP contribution in [0.2, 0.25) is 0 Å². The number of carbonyl (C=O) groups is 2. The van der Waals surface area contributed by atoms with Crippen molar-refractivity contribution in [2.45, 2.75) is 51.2 Å². The van der Waals surface area contributed by atoms with E-state index in [0.717, 1.165) is 48.2 Å². The summed E-state index contributed by atoms with van der Waals surface area (Å²) in [5.41, 5.74) is 8.82. The average molecular weight is 427 g/mol. The number of thiophene rings is 1. The Bertz CT molecular complexity index is 957. The van der Waals surface area contributed by atoms with Gasteiger partial charge in [0.25, 0.3) is 0 Å². The number of amides is 2. The Balaban J connectivity index is 1.38. The van der Waals surface area contributed by atoms with Crippen LogP contribution in [0.4, 0.5) is 15.5 Å². The Morgan fingerprint density at radius 2 is 2.27 bits per heavy atom. The lowest BCUT2D eigenvalue weighted by molar-refractivity contribution is -0.111. The highest BCUT2D eigenvalue weighted by atomic mass is 32.1. The van der Waals surface area contributed by atoms with E-state index in [4.69, 9.17) is 10.5 Å². The number of hydrogen-bond donors (Lipinski definition) is 2. The van der Waals surface area contributed by atoms with Crippen LogP contribution in [0.3, 0.4) is 0 Å². The summed E-state index contributed by atoms with van der Waals surface area (Å²) in [5.74, 6) is -0.241. The quantitative estimate of drug-likeness (QED) is 0.724. The summed E-state index contributed by atoms with van der Waals surface area (Å²) in [6.07, 6.45) is 10.4. The molecular formula is C22H26N4O3S. The number of pyridine rings is 1. The number of anilines is 2. The lowest BCUT2D eigenvalue weighted by Gasteiger charge is -2.27. The third-order valence-corrected chi connectivity index (χ3v) is 6.85. The van der Waals surface area contributed by atoms with Crippen molar-refractivity contribution >= 4 is 40.1 Å².